The highest BCUT2D eigenvalue weighted by Crippen LogP contribution is 2.27. The maximum Gasteiger partial charge on any atom is 0.272 e. The van der Waals surface area contributed by atoms with Crippen LogP contribution < -0.4 is 0 Å². The molecule has 0 saturated heterocycles. The summed E-state index contributed by atoms with van der Waals surface area (Å²) in [5, 5.41) is 24.5. The second-order valence-electron chi connectivity index (χ2n) is 4.44. The second kappa shape index (κ2) is 5.08. The average molecular weight is 282 g/mol. The lowest BCUT2D eigenvalue weighted by Gasteiger charge is -2.04. The monoisotopic (exact) mass is 282 g/mol. The zero-order chi connectivity index (χ0) is 14.8. The summed E-state index contributed by atoms with van der Waals surface area (Å²) < 4.78 is 0. The molecule has 0 bridgehead atoms. The van der Waals surface area contributed by atoms with E-state index in [1.165, 1.54) is 6.07 Å². The third kappa shape index (κ3) is 2.46. The first-order chi connectivity index (χ1) is 10.1. The van der Waals surface area contributed by atoms with Gasteiger partial charge in [-0.1, -0.05) is 12.1 Å². The standard InChI is InChI=1S/C13H10N6O2/c1-8-2-3-9(7-12(8)19(20)21)11-6-10(4-5-14-11)13-15-17-18-16-13/h2-7H,1H3,(H,15,16,17,18). The summed E-state index contributed by atoms with van der Waals surface area (Å²) in [6.07, 6.45) is 1.61. The topological polar surface area (TPSA) is 110 Å². The van der Waals surface area contributed by atoms with Crippen molar-refractivity contribution in [2.45, 2.75) is 6.92 Å². The highest BCUT2D eigenvalue weighted by Gasteiger charge is 2.13. The number of H-pyrrole nitrogens is 1. The van der Waals surface area contributed by atoms with E-state index in [1.807, 2.05) is 0 Å². The van der Waals surface area contributed by atoms with Gasteiger partial charge in [-0.25, -0.2) is 5.10 Å². The van der Waals surface area contributed by atoms with Crippen molar-refractivity contribution < 1.29 is 4.92 Å². The van der Waals surface area contributed by atoms with Gasteiger partial charge in [0, 0.05) is 29.0 Å². The molecular formula is C13H10N6O2. The first-order valence-electron chi connectivity index (χ1n) is 6.11. The lowest BCUT2D eigenvalue weighted by atomic mass is 10.1. The molecular weight excluding hydrogens is 272 g/mol. The highest BCUT2D eigenvalue weighted by molar-refractivity contribution is 5.68. The van der Waals surface area contributed by atoms with E-state index < -0.39 is 4.92 Å². The summed E-state index contributed by atoms with van der Waals surface area (Å²) >= 11 is 0. The molecule has 0 radical (unpaired) electrons. The number of aromatic amines is 1. The van der Waals surface area contributed by atoms with Crippen LogP contribution in [0.2, 0.25) is 0 Å². The van der Waals surface area contributed by atoms with Gasteiger partial charge in [0.2, 0.25) is 0 Å². The molecule has 0 aliphatic rings. The zero-order valence-corrected chi connectivity index (χ0v) is 11.0. The molecule has 8 heteroatoms. The summed E-state index contributed by atoms with van der Waals surface area (Å²) in [4.78, 5) is 14.9. The van der Waals surface area contributed by atoms with E-state index in [0.29, 0.717) is 22.6 Å². The van der Waals surface area contributed by atoms with Crippen molar-refractivity contribution in [1.82, 2.24) is 25.6 Å². The van der Waals surface area contributed by atoms with Gasteiger partial charge in [-0.3, -0.25) is 15.1 Å². The van der Waals surface area contributed by atoms with Crippen molar-refractivity contribution >= 4 is 5.69 Å². The lowest BCUT2D eigenvalue weighted by molar-refractivity contribution is -0.385. The highest BCUT2D eigenvalue weighted by atomic mass is 16.6. The van der Waals surface area contributed by atoms with Crippen LogP contribution in [-0.4, -0.2) is 30.5 Å². The Morgan fingerprint density at radius 2 is 2.05 bits per heavy atom. The summed E-state index contributed by atoms with van der Waals surface area (Å²) in [6.45, 7) is 1.70. The average Bonchev–Trinajstić information content (AvgIpc) is 3.02. The van der Waals surface area contributed by atoms with Crippen LogP contribution in [0.1, 0.15) is 5.56 Å². The smallest absolute Gasteiger partial charge is 0.258 e. The molecule has 3 rings (SSSR count). The molecule has 21 heavy (non-hydrogen) atoms. The molecule has 3 aromatic rings. The fourth-order valence-corrected chi connectivity index (χ4v) is 1.98. The number of rotatable bonds is 3. The van der Waals surface area contributed by atoms with E-state index in [2.05, 4.69) is 25.6 Å². The van der Waals surface area contributed by atoms with Crippen molar-refractivity contribution in [1.29, 1.82) is 0 Å². The van der Waals surface area contributed by atoms with E-state index in [0.717, 1.165) is 5.56 Å². The van der Waals surface area contributed by atoms with Crippen molar-refractivity contribution in [3.8, 4) is 22.6 Å². The van der Waals surface area contributed by atoms with E-state index in [9.17, 15) is 10.1 Å². The number of benzene rings is 1. The molecule has 8 nitrogen and oxygen atoms in total. The van der Waals surface area contributed by atoms with Crippen LogP contribution in [0.3, 0.4) is 0 Å². The molecule has 0 unspecified atom stereocenters. The summed E-state index contributed by atoms with van der Waals surface area (Å²) in [6, 6.07) is 8.55. The van der Waals surface area contributed by atoms with Gasteiger partial charge in [-0.05, 0) is 29.5 Å². The number of hydrogen-bond donors (Lipinski definition) is 1. The fourth-order valence-electron chi connectivity index (χ4n) is 1.98. The number of hydrogen-bond acceptors (Lipinski definition) is 6. The molecule has 0 aliphatic heterocycles. The van der Waals surface area contributed by atoms with Crippen LogP contribution in [0.15, 0.2) is 36.5 Å². The van der Waals surface area contributed by atoms with E-state index >= 15 is 0 Å². The van der Waals surface area contributed by atoms with Crippen LogP contribution >= 0.6 is 0 Å². The van der Waals surface area contributed by atoms with E-state index in [1.54, 1.807) is 37.4 Å². The minimum atomic E-state index is -0.400. The molecule has 0 fully saturated rings. The van der Waals surface area contributed by atoms with Crippen LogP contribution in [0.25, 0.3) is 22.6 Å². The number of aryl methyl sites for hydroxylation is 1. The number of aromatic nitrogens is 5. The van der Waals surface area contributed by atoms with E-state index in [-0.39, 0.29) is 5.69 Å². The Bertz CT molecular complexity index is 800. The van der Waals surface area contributed by atoms with E-state index in [4.69, 9.17) is 0 Å². The minimum Gasteiger partial charge on any atom is -0.258 e. The molecule has 1 aromatic carbocycles. The first-order valence-corrected chi connectivity index (χ1v) is 6.11. The van der Waals surface area contributed by atoms with Gasteiger partial charge >= 0.3 is 0 Å². The number of nitrogens with one attached hydrogen (secondary N) is 1. The third-order valence-corrected chi connectivity index (χ3v) is 3.08. The maximum absolute atomic E-state index is 11.0. The number of nitro groups is 1. The summed E-state index contributed by atoms with van der Waals surface area (Å²) in [5.74, 6) is 0.514. The van der Waals surface area contributed by atoms with Crippen molar-refractivity contribution in [2.75, 3.05) is 0 Å². The number of nitrogens with zero attached hydrogens (tertiary/aromatic N) is 5. The normalized spacial score (nSPS) is 10.5. The van der Waals surface area contributed by atoms with Crippen molar-refractivity contribution in [3.63, 3.8) is 0 Å². The first kappa shape index (κ1) is 12.9. The molecule has 0 saturated carbocycles. The van der Waals surface area contributed by atoms with Crippen LogP contribution in [0, 0.1) is 17.0 Å². The van der Waals surface area contributed by atoms with Crippen LogP contribution in [0.4, 0.5) is 5.69 Å². The minimum absolute atomic E-state index is 0.0704. The van der Waals surface area contributed by atoms with Gasteiger partial charge in [0.25, 0.3) is 5.69 Å². The molecule has 1 N–H and O–H groups in total. The Morgan fingerprint density at radius 1 is 1.19 bits per heavy atom. The largest absolute Gasteiger partial charge is 0.272 e. The van der Waals surface area contributed by atoms with Crippen LogP contribution in [0.5, 0.6) is 0 Å². The summed E-state index contributed by atoms with van der Waals surface area (Å²) in [5.41, 5.74) is 2.72. The molecule has 2 aromatic heterocycles. The molecule has 2 heterocycles. The van der Waals surface area contributed by atoms with Crippen LogP contribution in [-0.2, 0) is 0 Å². The van der Waals surface area contributed by atoms with Gasteiger partial charge in [-0.15, -0.1) is 5.10 Å². The Morgan fingerprint density at radius 3 is 2.76 bits per heavy atom. The number of nitro benzene ring substituents is 1. The Kier molecular flexibility index (Phi) is 3.11. The zero-order valence-electron chi connectivity index (χ0n) is 11.0. The van der Waals surface area contributed by atoms with Gasteiger partial charge < -0.3 is 0 Å². The predicted octanol–water partition coefficient (Wildman–Crippen LogP) is 2.15. The SMILES string of the molecule is Cc1ccc(-c2cc(-c3nnn[nH]3)ccn2)cc1[N+](=O)[O-]. The molecule has 0 atom stereocenters. The third-order valence-electron chi connectivity index (χ3n) is 3.08. The van der Waals surface area contributed by atoms with Gasteiger partial charge in [0.15, 0.2) is 5.82 Å². The molecule has 0 aliphatic carbocycles. The van der Waals surface area contributed by atoms with Gasteiger partial charge in [0.1, 0.15) is 0 Å². The lowest BCUT2D eigenvalue weighted by Crippen LogP contribution is -1.93. The summed E-state index contributed by atoms with van der Waals surface area (Å²) in [7, 11) is 0. The number of pyridine rings is 1. The maximum atomic E-state index is 11.0. The Balaban J connectivity index is 2.07. The van der Waals surface area contributed by atoms with Crippen molar-refractivity contribution in [2.24, 2.45) is 0 Å². The number of tetrazole rings is 1. The second-order valence-corrected chi connectivity index (χ2v) is 4.44. The molecule has 104 valence electrons. The Labute approximate surface area is 119 Å². The van der Waals surface area contributed by atoms with Gasteiger partial charge in [0.05, 0.1) is 10.6 Å². The molecule has 0 spiro atoms. The van der Waals surface area contributed by atoms with Gasteiger partial charge in [-0.2, -0.15) is 0 Å². The quantitative estimate of drug-likeness (QED) is 0.582. The van der Waals surface area contributed by atoms with Crippen molar-refractivity contribution in [3.05, 3.63) is 52.2 Å². The fraction of sp³-hybridized carbons (Fsp3) is 0.0769. The predicted molar refractivity (Wildman–Crippen MR) is 74.2 cm³/mol. The Hall–Kier alpha value is -3.16. The molecule has 0 amide bonds.